The third-order valence-corrected chi connectivity index (χ3v) is 2.24. The van der Waals surface area contributed by atoms with E-state index < -0.39 is 18.0 Å². The quantitative estimate of drug-likeness (QED) is 0.832. The summed E-state index contributed by atoms with van der Waals surface area (Å²) in [5.74, 6) is -0.412. The van der Waals surface area contributed by atoms with E-state index >= 15 is 0 Å². The monoisotopic (exact) mass is 274 g/mol. The summed E-state index contributed by atoms with van der Waals surface area (Å²) in [6.45, 7) is 1.65. The Balaban J connectivity index is 2.64. The van der Waals surface area contributed by atoms with E-state index in [0.29, 0.717) is 4.60 Å². The van der Waals surface area contributed by atoms with Gasteiger partial charge in [-0.05, 0) is 28.9 Å². The van der Waals surface area contributed by atoms with Gasteiger partial charge in [0.15, 0.2) is 0 Å². The van der Waals surface area contributed by atoms with Crippen molar-refractivity contribution in [3.63, 3.8) is 0 Å². The summed E-state index contributed by atoms with van der Waals surface area (Å²) >= 11 is 3.17. The maximum atomic E-state index is 11.5. The van der Waals surface area contributed by atoms with Crippen LogP contribution in [0, 0.1) is 0 Å². The summed E-state index contributed by atoms with van der Waals surface area (Å²) < 4.78 is 2.10. The van der Waals surface area contributed by atoms with Gasteiger partial charge in [-0.3, -0.25) is 14.8 Å². The van der Waals surface area contributed by atoms with Gasteiger partial charge in [0.2, 0.25) is 0 Å². The topological polar surface area (TPSA) is 76.0 Å². The van der Waals surface area contributed by atoms with Gasteiger partial charge in [0, 0.05) is 13.2 Å². The molecule has 0 spiro atoms. The molecule has 7 heteroatoms. The van der Waals surface area contributed by atoms with E-state index in [2.05, 4.69) is 31.7 Å². The molecule has 0 radical (unpaired) electrons. The first-order valence-electron chi connectivity index (χ1n) is 4.28. The molecule has 0 bridgehead atoms. The van der Waals surface area contributed by atoms with Crippen LogP contribution in [0.1, 0.15) is 13.0 Å². The second-order valence-electron chi connectivity index (χ2n) is 2.86. The van der Waals surface area contributed by atoms with E-state index in [4.69, 9.17) is 0 Å². The van der Waals surface area contributed by atoms with Gasteiger partial charge in [-0.25, -0.2) is 4.79 Å². The van der Waals surface area contributed by atoms with Crippen LogP contribution < -0.4 is 10.6 Å². The number of hydrogen-bond donors (Lipinski definition) is 2. The number of amides is 3. The van der Waals surface area contributed by atoms with Crippen LogP contribution in [-0.2, 0) is 4.79 Å². The zero-order valence-corrected chi connectivity index (χ0v) is 9.91. The molecule has 82 valence electrons. The van der Waals surface area contributed by atoms with Crippen LogP contribution in [0.3, 0.4) is 0 Å². The molecule has 1 aromatic heterocycles. The van der Waals surface area contributed by atoms with E-state index in [9.17, 15) is 9.59 Å². The van der Waals surface area contributed by atoms with Crippen molar-refractivity contribution < 1.29 is 9.59 Å². The Hall–Kier alpha value is -1.37. The first-order chi connectivity index (χ1) is 7.04. The number of halogens is 1. The molecule has 3 amide bonds. The predicted molar refractivity (Wildman–Crippen MR) is 57.2 cm³/mol. The number of imide groups is 1. The Morgan fingerprint density at radius 1 is 1.60 bits per heavy atom. The minimum absolute atomic E-state index is 0.412. The molecular formula is C8H11BrN4O2. The van der Waals surface area contributed by atoms with Crippen molar-refractivity contribution in [3.05, 3.63) is 16.9 Å². The highest BCUT2D eigenvalue weighted by molar-refractivity contribution is 9.10. The lowest BCUT2D eigenvalue weighted by Gasteiger charge is -2.11. The van der Waals surface area contributed by atoms with Crippen molar-refractivity contribution in [1.29, 1.82) is 0 Å². The number of hydrogen-bond acceptors (Lipinski definition) is 3. The Morgan fingerprint density at radius 3 is 2.73 bits per heavy atom. The van der Waals surface area contributed by atoms with Crippen molar-refractivity contribution >= 4 is 27.9 Å². The van der Waals surface area contributed by atoms with Gasteiger partial charge in [-0.1, -0.05) is 0 Å². The third kappa shape index (κ3) is 3.05. The lowest BCUT2D eigenvalue weighted by molar-refractivity contribution is -0.123. The summed E-state index contributed by atoms with van der Waals surface area (Å²) in [5, 5.41) is 8.48. The first-order valence-corrected chi connectivity index (χ1v) is 5.07. The van der Waals surface area contributed by atoms with Crippen molar-refractivity contribution in [1.82, 2.24) is 20.4 Å². The highest BCUT2D eigenvalue weighted by atomic mass is 79.9. The molecular weight excluding hydrogens is 264 g/mol. The molecule has 1 heterocycles. The lowest BCUT2D eigenvalue weighted by Crippen LogP contribution is -2.40. The number of urea groups is 1. The lowest BCUT2D eigenvalue weighted by atomic mass is 10.3. The van der Waals surface area contributed by atoms with Gasteiger partial charge in [0.25, 0.3) is 5.91 Å². The normalized spacial score (nSPS) is 11.9. The maximum absolute atomic E-state index is 11.5. The van der Waals surface area contributed by atoms with Crippen molar-refractivity contribution in [2.24, 2.45) is 0 Å². The highest BCUT2D eigenvalue weighted by Crippen LogP contribution is 2.09. The predicted octanol–water partition coefficient (Wildman–Crippen LogP) is 0.662. The average Bonchev–Trinajstić information content (AvgIpc) is 2.63. The SMILES string of the molecule is CNC(=O)NC(=O)C(C)n1ccc(Br)n1. The summed E-state index contributed by atoms with van der Waals surface area (Å²) in [6.07, 6.45) is 1.65. The molecule has 0 saturated carbocycles. The molecule has 2 N–H and O–H groups in total. The molecule has 15 heavy (non-hydrogen) atoms. The molecule has 0 aromatic carbocycles. The summed E-state index contributed by atoms with van der Waals surface area (Å²) in [5.41, 5.74) is 0. The van der Waals surface area contributed by atoms with E-state index in [1.807, 2.05) is 0 Å². The van der Waals surface area contributed by atoms with Gasteiger partial charge >= 0.3 is 6.03 Å². The van der Waals surface area contributed by atoms with Crippen LogP contribution >= 0.6 is 15.9 Å². The number of aromatic nitrogens is 2. The molecule has 0 aliphatic heterocycles. The second-order valence-corrected chi connectivity index (χ2v) is 3.68. The summed E-state index contributed by atoms with van der Waals surface area (Å²) in [4.78, 5) is 22.4. The van der Waals surface area contributed by atoms with Crippen LogP contribution in [0.5, 0.6) is 0 Å². The molecule has 6 nitrogen and oxygen atoms in total. The zero-order valence-electron chi connectivity index (χ0n) is 8.32. The molecule has 0 aliphatic carbocycles. The van der Waals surface area contributed by atoms with Gasteiger partial charge in [0.05, 0.1) is 0 Å². The number of rotatable bonds is 2. The fraction of sp³-hybridized carbons (Fsp3) is 0.375. The molecule has 1 atom stereocenters. The zero-order chi connectivity index (χ0) is 11.4. The summed E-state index contributed by atoms with van der Waals surface area (Å²) in [6, 6.07) is 0.649. The average molecular weight is 275 g/mol. The van der Waals surface area contributed by atoms with Crippen LogP contribution in [0.15, 0.2) is 16.9 Å². The fourth-order valence-corrected chi connectivity index (χ4v) is 1.23. The first kappa shape index (κ1) is 11.7. The largest absolute Gasteiger partial charge is 0.341 e. The Kier molecular flexibility index (Phi) is 3.84. The Labute approximate surface area is 95.2 Å². The van der Waals surface area contributed by atoms with E-state index in [1.54, 1.807) is 19.2 Å². The fourth-order valence-electron chi connectivity index (χ4n) is 0.930. The molecule has 0 saturated heterocycles. The number of nitrogens with zero attached hydrogens (tertiary/aromatic N) is 2. The van der Waals surface area contributed by atoms with Crippen LogP contribution in [0.4, 0.5) is 4.79 Å². The van der Waals surface area contributed by atoms with Gasteiger partial charge in [-0.15, -0.1) is 0 Å². The van der Waals surface area contributed by atoms with Gasteiger partial charge < -0.3 is 5.32 Å². The molecule has 0 fully saturated rings. The maximum Gasteiger partial charge on any atom is 0.321 e. The van der Waals surface area contributed by atoms with Crippen LogP contribution in [0.2, 0.25) is 0 Å². The minimum atomic E-state index is -0.534. The molecule has 0 aliphatic rings. The Bertz CT molecular complexity index is 376. The summed E-state index contributed by atoms with van der Waals surface area (Å²) in [7, 11) is 1.44. The van der Waals surface area contributed by atoms with Crippen LogP contribution in [0.25, 0.3) is 0 Å². The molecule has 1 unspecified atom stereocenters. The standard InChI is InChI=1S/C8H11BrN4O2/c1-5(7(14)11-8(15)10-2)13-4-3-6(9)12-13/h3-5H,1-2H3,(H2,10,11,14,15). The van der Waals surface area contributed by atoms with Gasteiger partial charge in [0.1, 0.15) is 10.6 Å². The minimum Gasteiger partial charge on any atom is -0.341 e. The smallest absolute Gasteiger partial charge is 0.321 e. The van der Waals surface area contributed by atoms with E-state index in [-0.39, 0.29) is 0 Å². The van der Waals surface area contributed by atoms with Crippen molar-refractivity contribution in [2.75, 3.05) is 7.05 Å². The number of nitrogens with one attached hydrogen (secondary N) is 2. The molecule has 1 aromatic rings. The number of carbonyl (C=O) groups is 2. The number of carbonyl (C=O) groups excluding carboxylic acids is 2. The second kappa shape index (κ2) is 4.92. The van der Waals surface area contributed by atoms with Crippen molar-refractivity contribution in [3.8, 4) is 0 Å². The molecule has 1 rings (SSSR count). The van der Waals surface area contributed by atoms with E-state index in [0.717, 1.165) is 0 Å². The Morgan fingerprint density at radius 2 is 2.27 bits per heavy atom. The van der Waals surface area contributed by atoms with E-state index in [1.165, 1.54) is 11.7 Å². The van der Waals surface area contributed by atoms with Crippen LogP contribution in [-0.4, -0.2) is 28.8 Å². The van der Waals surface area contributed by atoms with Gasteiger partial charge in [-0.2, -0.15) is 5.10 Å². The van der Waals surface area contributed by atoms with Crippen molar-refractivity contribution in [2.45, 2.75) is 13.0 Å². The highest BCUT2D eigenvalue weighted by Gasteiger charge is 2.17. The third-order valence-electron chi connectivity index (χ3n) is 1.82.